The van der Waals surface area contributed by atoms with E-state index in [4.69, 9.17) is 0 Å². The molecule has 3 aromatic rings. The van der Waals surface area contributed by atoms with Gasteiger partial charge in [-0.25, -0.2) is 23.4 Å². The highest BCUT2D eigenvalue weighted by Gasteiger charge is 2.18. The molecule has 1 N–H and O–H groups in total. The summed E-state index contributed by atoms with van der Waals surface area (Å²) in [5.74, 6) is -0.830. The number of carbonyl (C=O) groups is 1. The zero-order valence-electron chi connectivity index (χ0n) is 15.9. The summed E-state index contributed by atoms with van der Waals surface area (Å²) in [6, 6.07) is 3.17. The van der Waals surface area contributed by atoms with Crippen molar-refractivity contribution in [2.45, 2.75) is 38.8 Å². The van der Waals surface area contributed by atoms with Crippen LogP contribution in [0.3, 0.4) is 0 Å². The van der Waals surface area contributed by atoms with Gasteiger partial charge in [0, 0.05) is 25.7 Å². The molecule has 0 aliphatic carbocycles. The lowest BCUT2D eigenvalue weighted by molar-refractivity contribution is -0.121. The summed E-state index contributed by atoms with van der Waals surface area (Å²) < 4.78 is 28.0. The number of aromatic nitrogens is 4. The second kappa shape index (κ2) is 8.50. The predicted octanol–water partition coefficient (Wildman–Crippen LogP) is 2.80. The number of benzene rings is 1. The summed E-state index contributed by atoms with van der Waals surface area (Å²) in [6.07, 6.45) is 7.88. The van der Waals surface area contributed by atoms with Crippen molar-refractivity contribution in [3.05, 3.63) is 47.9 Å². The third-order valence-electron chi connectivity index (χ3n) is 5.02. The van der Waals surface area contributed by atoms with Gasteiger partial charge in [-0.2, -0.15) is 5.10 Å². The Balaban J connectivity index is 1.46. The molecule has 4 rings (SSSR count). The van der Waals surface area contributed by atoms with E-state index in [1.54, 1.807) is 6.20 Å². The van der Waals surface area contributed by atoms with Crippen LogP contribution in [0.4, 0.5) is 14.6 Å². The molecule has 1 aromatic carbocycles. The van der Waals surface area contributed by atoms with Crippen molar-refractivity contribution in [2.75, 3.05) is 18.0 Å². The molecule has 29 heavy (non-hydrogen) atoms. The topological polar surface area (TPSA) is 75.9 Å². The fourth-order valence-electron chi connectivity index (χ4n) is 3.64. The minimum atomic E-state index is -0.676. The van der Waals surface area contributed by atoms with Gasteiger partial charge in [0.2, 0.25) is 5.91 Å². The average Bonchev–Trinajstić information content (AvgIpc) is 2.91. The molecule has 3 heterocycles. The molecule has 0 saturated carbocycles. The van der Waals surface area contributed by atoms with E-state index in [2.05, 4.69) is 25.3 Å². The van der Waals surface area contributed by atoms with Crippen molar-refractivity contribution in [3.8, 4) is 0 Å². The molecule has 7 nitrogen and oxygen atoms in total. The first kappa shape index (κ1) is 19.2. The lowest BCUT2D eigenvalue weighted by Gasteiger charge is -2.21. The number of halogens is 2. The third kappa shape index (κ3) is 4.49. The van der Waals surface area contributed by atoms with E-state index >= 15 is 0 Å². The molecular weight excluding hydrogens is 378 g/mol. The molecule has 1 aliphatic heterocycles. The lowest BCUT2D eigenvalue weighted by atomic mass is 10.2. The zero-order valence-corrected chi connectivity index (χ0v) is 15.9. The van der Waals surface area contributed by atoms with Gasteiger partial charge in [-0.1, -0.05) is 12.8 Å². The van der Waals surface area contributed by atoms with Gasteiger partial charge in [0.05, 0.1) is 11.6 Å². The lowest BCUT2D eigenvalue weighted by Crippen LogP contribution is -2.28. The van der Waals surface area contributed by atoms with Crippen LogP contribution in [0.1, 0.15) is 31.2 Å². The molecule has 1 amide bonds. The number of nitrogens with one attached hydrogen (secondary N) is 1. The Hall–Kier alpha value is -3.10. The van der Waals surface area contributed by atoms with E-state index in [0.717, 1.165) is 43.2 Å². The Kier molecular flexibility index (Phi) is 5.64. The van der Waals surface area contributed by atoms with Gasteiger partial charge in [0.15, 0.2) is 5.65 Å². The van der Waals surface area contributed by atoms with Gasteiger partial charge >= 0.3 is 0 Å². The van der Waals surface area contributed by atoms with Crippen LogP contribution < -0.4 is 10.2 Å². The fourth-order valence-corrected chi connectivity index (χ4v) is 3.64. The molecule has 2 aromatic heterocycles. The molecule has 1 aliphatic rings. The summed E-state index contributed by atoms with van der Waals surface area (Å²) in [5.41, 5.74) is 0.943. The molecular formula is C20H22F2N6O. The van der Waals surface area contributed by atoms with Gasteiger partial charge in [-0.3, -0.25) is 4.79 Å². The van der Waals surface area contributed by atoms with E-state index in [9.17, 15) is 13.6 Å². The van der Waals surface area contributed by atoms with E-state index in [-0.39, 0.29) is 19.0 Å². The van der Waals surface area contributed by atoms with Gasteiger partial charge < -0.3 is 10.2 Å². The predicted molar refractivity (Wildman–Crippen MR) is 104 cm³/mol. The highest BCUT2D eigenvalue weighted by molar-refractivity contribution is 5.87. The monoisotopic (exact) mass is 400 g/mol. The standard InChI is InChI=1S/C20H22F2N6O/c21-15-7-14(8-16(22)9-15)10-23-18(29)12-28-20-17(11-26-28)19(24-13-25-20)27-5-3-1-2-4-6-27/h7-9,11,13H,1-6,10,12H2,(H,23,29). The normalized spacial score (nSPS) is 14.8. The molecule has 0 bridgehead atoms. The Labute approximate surface area is 166 Å². The number of anilines is 1. The van der Waals surface area contributed by atoms with Gasteiger partial charge in [0.25, 0.3) is 0 Å². The summed E-state index contributed by atoms with van der Waals surface area (Å²) in [7, 11) is 0. The first-order valence-electron chi connectivity index (χ1n) is 9.73. The smallest absolute Gasteiger partial charge is 0.242 e. The highest BCUT2D eigenvalue weighted by Crippen LogP contribution is 2.25. The molecule has 0 unspecified atom stereocenters. The van der Waals surface area contributed by atoms with Crippen LogP contribution in [-0.2, 0) is 17.9 Å². The Morgan fingerprint density at radius 3 is 2.48 bits per heavy atom. The van der Waals surface area contributed by atoms with Crippen molar-refractivity contribution in [1.29, 1.82) is 0 Å². The third-order valence-corrected chi connectivity index (χ3v) is 5.02. The van der Waals surface area contributed by atoms with E-state index in [0.29, 0.717) is 11.2 Å². The van der Waals surface area contributed by atoms with Crippen LogP contribution in [0.2, 0.25) is 0 Å². The molecule has 0 spiro atoms. The van der Waals surface area contributed by atoms with Crippen molar-refractivity contribution in [2.24, 2.45) is 0 Å². The number of nitrogens with zero attached hydrogens (tertiary/aromatic N) is 5. The van der Waals surface area contributed by atoms with Crippen LogP contribution in [0.25, 0.3) is 11.0 Å². The maximum atomic E-state index is 13.3. The van der Waals surface area contributed by atoms with Crippen molar-refractivity contribution < 1.29 is 13.6 Å². The minimum Gasteiger partial charge on any atom is -0.356 e. The van der Waals surface area contributed by atoms with Gasteiger partial charge in [-0.05, 0) is 30.5 Å². The van der Waals surface area contributed by atoms with Crippen LogP contribution in [0, 0.1) is 11.6 Å². The highest BCUT2D eigenvalue weighted by atomic mass is 19.1. The molecule has 0 atom stereocenters. The molecule has 1 fully saturated rings. The largest absolute Gasteiger partial charge is 0.356 e. The van der Waals surface area contributed by atoms with Gasteiger partial charge in [0.1, 0.15) is 30.3 Å². The Bertz CT molecular complexity index is 993. The average molecular weight is 400 g/mol. The summed E-state index contributed by atoms with van der Waals surface area (Å²) in [5, 5.41) is 7.77. The number of hydrogen-bond acceptors (Lipinski definition) is 5. The van der Waals surface area contributed by atoms with Crippen LogP contribution >= 0.6 is 0 Å². The number of fused-ring (bicyclic) bond motifs is 1. The van der Waals surface area contributed by atoms with E-state index in [1.807, 2.05) is 0 Å². The Morgan fingerprint density at radius 1 is 1.03 bits per heavy atom. The van der Waals surface area contributed by atoms with Crippen molar-refractivity contribution in [3.63, 3.8) is 0 Å². The van der Waals surface area contributed by atoms with Crippen molar-refractivity contribution in [1.82, 2.24) is 25.1 Å². The van der Waals surface area contributed by atoms with E-state index < -0.39 is 11.6 Å². The number of carbonyl (C=O) groups excluding carboxylic acids is 1. The molecule has 0 radical (unpaired) electrons. The van der Waals surface area contributed by atoms with Crippen molar-refractivity contribution >= 4 is 22.8 Å². The summed E-state index contributed by atoms with van der Waals surface area (Å²) in [4.78, 5) is 23.3. The zero-order chi connectivity index (χ0) is 20.2. The quantitative estimate of drug-likeness (QED) is 0.713. The maximum absolute atomic E-state index is 13.3. The number of amides is 1. The van der Waals surface area contributed by atoms with Crippen LogP contribution in [0.5, 0.6) is 0 Å². The Morgan fingerprint density at radius 2 is 1.76 bits per heavy atom. The fraction of sp³-hybridized carbons (Fsp3) is 0.400. The first-order chi connectivity index (χ1) is 14.1. The SMILES string of the molecule is O=C(Cn1ncc2c(N3CCCCCC3)ncnc21)NCc1cc(F)cc(F)c1. The van der Waals surface area contributed by atoms with Gasteiger partial charge in [-0.15, -0.1) is 0 Å². The second-order valence-corrected chi connectivity index (χ2v) is 7.19. The maximum Gasteiger partial charge on any atom is 0.242 e. The molecule has 1 saturated heterocycles. The number of rotatable bonds is 5. The summed E-state index contributed by atoms with van der Waals surface area (Å²) >= 11 is 0. The van der Waals surface area contributed by atoms with Crippen LogP contribution in [0.15, 0.2) is 30.7 Å². The molecule has 152 valence electrons. The molecule has 9 heteroatoms. The van der Waals surface area contributed by atoms with Crippen LogP contribution in [-0.4, -0.2) is 38.7 Å². The first-order valence-corrected chi connectivity index (χ1v) is 9.73. The number of hydrogen-bond donors (Lipinski definition) is 1. The van der Waals surface area contributed by atoms with E-state index in [1.165, 1.54) is 36.0 Å². The second-order valence-electron chi connectivity index (χ2n) is 7.19. The minimum absolute atomic E-state index is 0.0285. The summed E-state index contributed by atoms with van der Waals surface area (Å²) in [6.45, 7) is 1.88.